The molecule has 2 aromatic carbocycles. The van der Waals surface area contributed by atoms with Gasteiger partial charge in [0.15, 0.2) is 5.69 Å². The molecule has 34 heavy (non-hydrogen) atoms. The van der Waals surface area contributed by atoms with Crippen molar-refractivity contribution >= 4 is 22.5 Å². The summed E-state index contributed by atoms with van der Waals surface area (Å²) < 4.78 is 0. The number of carbonyl (C=O) groups is 1. The van der Waals surface area contributed by atoms with Crippen molar-refractivity contribution in [1.82, 2.24) is 20.2 Å². The monoisotopic (exact) mass is 448 g/mol. The Hall–Kier alpha value is -4.36. The highest BCUT2D eigenvalue weighted by molar-refractivity contribution is 6.11. The topological polar surface area (TPSA) is 110 Å². The van der Waals surface area contributed by atoms with Gasteiger partial charge in [0.2, 0.25) is 0 Å². The van der Waals surface area contributed by atoms with E-state index in [4.69, 9.17) is 5.73 Å². The third-order valence-corrected chi connectivity index (χ3v) is 5.81. The maximum atomic E-state index is 13.1. The van der Waals surface area contributed by atoms with Gasteiger partial charge < -0.3 is 11.1 Å². The van der Waals surface area contributed by atoms with Gasteiger partial charge >= 0.3 is 0 Å². The summed E-state index contributed by atoms with van der Waals surface area (Å²) in [5, 5.41) is 10.9. The molecule has 3 heterocycles. The van der Waals surface area contributed by atoms with Gasteiger partial charge in [0.25, 0.3) is 5.91 Å². The smallest absolute Gasteiger partial charge is 0.276 e. The minimum Gasteiger partial charge on any atom is -0.326 e. The van der Waals surface area contributed by atoms with E-state index < -0.39 is 0 Å². The van der Waals surface area contributed by atoms with Crippen molar-refractivity contribution < 1.29 is 4.79 Å². The van der Waals surface area contributed by atoms with Crippen LogP contribution < -0.4 is 11.1 Å². The molecule has 0 aliphatic rings. The van der Waals surface area contributed by atoms with Crippen molar-refractivity contribution in [2.45, 2.75) is 19.9 Å². The molecule has 0 fully saturated rings. The van der Waals surface area contributed by atoms with Crippen LogP contribution in [-0.4, -0.2) is 26.1 Å². The molecule has 0 spiro atoms. The molecule has 0 aliphatic carbocycles. The first kappa shape index (κ1) is 21.5. The second-order valence-electron chi connectivity index (χ2n) is 8.09. The number of rotatable bonds is 6. The first-order valence-corrected chi connectivity index (χ1v) is 11.1. The fraction of sp³-hybridized carbons (Fsp3) is 0.111. The Bertz CT molecular complexity index is 1490. The van der Waals surface area contributed by atoms with Crippen LogP contribution in [0.3, 0.4) is 0 Å². The minimum absolute atomic E-state index is 0.307. The summed E-state index contributed by atoms with van der Waals surface area (Å²) >= 11 is 0. The van der Waals surface area contributed by atoms with E-state index >= 15 is 0 Å². The second kappa shape index (κ2) is 9.25. The first-order valence-electron chi connectivity index (χ1n) is 11.1. The highest BCUT2D eigenvalue weighted by atomic mass is 16.1. The molecule has 4 N–H and O–H groups in total. The van der Waals surface area contributed by atoms with Crippen molar-refractivity contribution in [1.29, 1.82) is 0 Å². The fourth-order valence-corrected chi connectivity index (χ4v) is 3.95. The molecule has 0 atom stereocenters. The number of aromatic nitrogens is 4. The normalized spacial score (nSPS) is 11.0. The molecule has 0 bridgehead atoms. The van der Waals surface area contributed by atoms with Gasteiger partial charge in [-0.05, 0) is 52.9 Å². The predicted octanol–water partition coefficient (Wildman–Crippen LogP) is 4.96. The van der Waals surface area contributed by atoms with Gasteiger partial charge in [-0.1, -0.05) is 37.3 Å². The maximum Gasteiger partial charge on any atom is 0.276 e. The number of aryl methyl sites for hydroxylation is 1. The van der Waals surface area contributed by atoms with Gasteiger partial charge in [-0.3, -0.25) is 19.9 Å². The highest BCUT2D eigenvalue weighted by Crippen LogP contribution is 2.27. The molecule has 1 amide bonds. The Balaban J connectivity index is 1.44. The van der Waals surface area contributed by atoms with Crippen molar-refractivity contribution in [3.8, 4) is 22.3 Å². The molecule has 5 rings (SSSR count). The van der Waals surface area contributed by atoms with Gasteiger partial charge in [0, 0.05) is 41.6 Å². The van der Waals surface area contributed by atoms with Gasteiger partial charge in [0.1, 0.15) is 0 Å². The Labute approximate surface area is 197 Å². The van der Waals surface area contributed by atoms with Crippen LogP contribution in [-0.2, 0) is 13.0 Å². The number of nitrogens with two attached hydrogens (primary N) is 1. The SMILES string of the molecule is CCc1cccc(-c2cncc(NC(=O)c3n[nH]c4ccc(-c5cncc(CN)c5)cc34)c2)c1. The Morgan fingerprint density at radius 3 is 2.47 bits per heavy atom. The summed E-state index contributed by atoms with van der Waals surface area (Å²) in [6.07, 6.45) is 7.92. The average molecular weight is 449 g/mol. The highest BCUT2D eigenvalue weighted by Gasteiger charge is 2.16. The molecule has 0 aliphatic heterocycles. The Morgan fingerprint density at radius 1 is 0.882 bits per heavy atom. The van der Waals surface area contributed by atoms with E-state index in [1.165, 1.54) is 5.56 Å². The molecular formula is C27H24N6O. The molecule has 3 aromatic heterocycles. The van der Waals surface area contributed by atoms with Crippen molar-refractivity contribution in [3.63, 3.8) is 0 Å². The van der Waals surface area contributed by atoms with Crippen LogP contribution >= 0.6 is 0 Å². The minimum atomic E-state index is -0.307. The summed E-state index contributed by atoms with van der Waals surface area (Å²) in [6, 6.07) is 18.1. The van der Waals surface area contributed by atoms with E-state index in [9.17, 15) is 4.79 Å². The predicted molar refractivity (Wildman–Crippen MR) is 134 cm³/mol. The summed E-state index contributed by atoms with van der Waals surface area (Å²) in [7, 11) is 0. The quantitative estimate of drug-likeness (QED) is 0.340. The lowest BCUT2D eigenvalue weighted by Crippen LogP contribution is -2.13. The standard InChI is InChI=1S/C27H24N6O/c1-2-17-4-3-5-19(8-17)22-10-23(16-30-15-22)31-27(34)26-24-11-20(6-7-25(24)32-33-26)21-9-18(12-28)13-29-14-21/h3-11,13-16H,2,12,28H2,1H3,(H,31,34)(H,32,33). The van der Waals surface area contributed by atoms with Gasteiger partial charge in [0.05, 0.1) is 17.4 Å². The Kier molecular flexibility index (Phi) is 5.84. The van der Waals surface area contributed by atoms with E-state index in [0.717, 1.165) is 45.1 Å². The zero-order chi connectivity index (χ0) is 23.5. The van der Waals surface area contributed by atoms with E-state index in [1.807, 2.05) is 42.5 Å². The van der Waals surface area contributed by atoms with E-state index in [1.54, 1.807) is 24.8 Å². The van der Waals surface area contributed by atoms with Crippen molar-refractivity contribution in [2.24, 2.45) is 5.73 Å². The van der Waals surface area contributed by atoms with Gasteiger partial charge in [-0.2, -0.15) is 5.10 Å². The van der Waals surface area contributed by atoms with Crippen LogP contribution in [0.5, 0.6) is 0 Å². The lowest BCUT2D eigenvalue weighted by atomic mass is 10.0. The number of hydrogen-bond donors (Lipinski definition) is 3. The molecule has 7 nitrogen and oxygen atoms in total. The molecular weight excluding hydrogens is 424 g/mol. The van der Waals surface area contributed by atoms with Crippen molar-refractivity contribution in [2.75, 3.05) is 5.32 Å². The number of nitrogens with zero attached hydrogens (tertiary/aromatic N) is 3. The van der Waals surface area contributed by atoms with Crippen LogP contribution in [0.15, 0.2) is 79.4 Å². The van der Waals surface area contributed by atoms with Crippen LogP contribution in [0.25, 0.3) is 33.2 Å². The number of benzene rings is 2. The number of H-pyrrole nitrogens is 1. The fourth-order valence-electron chi connectivity index (χ4n) is 3.95. The lowest BCUT2D eigenvalue weighted by molar-refractivity contribution is 0.102. The lowest BCUT2D eigenvalue weighted by Gasteiger charge is -2.08. The first-order chi connectivity index (χ1) is 16.6. The van der Waals surface area contributed by atoms with Gasteiger partial charge in [-0.25, -0.2) is 0 Å². The number of fused-ring (bicyclic) bond motifs is 1. The second-order valence-corrected chi connectivity index (χ2v) is 8.09. The Morgan fingerprint density at radius 2 is 1.65 bits per heavy atom. The number of nitrogens with one attached hydrogen (secondary N) is 2. The molecule has 0 saturated heterocycles. The number of pyridine rings is 2. The summed E-state index contributed by atoms with van der Waals surface area (Å²) in [5.41, 5.74) is 13.5. The number of aromatic amines is 1. The van der Waals surface area contributed by atoms with E-state index in [0.29, 0.717) is 17.9 Å². The summed E-state index contributed by atoms with van der Waals surface area (Å²) in [5.74, 6) is -0.307. The molecule has 0 unspecified atom stereocenters. The van der Waals surface area contributed by atoms with Gasteiger partial charge in [-0.15, -0.1) is 0 Å². The summed E-state index contributed by atoms with van der Waals surface area (Å²) in [4.78, 5) is 21.7. The van der Waals surface area contributed by atoms with Crippen LogP contribution in [0.1, 0.15) is 28.5 Å². The van der Waals surface area contributed by atoms with E-state index in [-0.39, 0.29) is 5.91 Å². The molecule has 7 heteroatoms. The molecule has 0 radical (unpaired) electrons. The van der Waals surface area contributed by atoms with Crippen LogP contribution in [0.2, 0.25) is 0 Å². The number of anilines is 1. The molecule has 5 aromatic rings. The number of amides is 1. The molecule has 0 saturated carbocycles. The zero-order valence-corrected chi connectivity index (χ0v) is 18.7. The average Bonchev–Trinajstić information content (AvgIpc) is 3.32. The zero-order valence-electron chi connectivity index (χ0n) is 18.7. The van der Waals surface area contributed by atoms with Crippen molar-refractivity contribution in [3.05, 3.63) is 96.2 Å². The third kappa shape index (κ3) is 4.29. The van der Waals surface area contributed by atoms with Crippen LogP contribution in [0.4, 0.5) is 5.69 Å². The summed E-state index contributed by atoms with van der Waals surface area (Å²) in [6.45, 7) is 2.54. The maximum absolute atomic E-state index is 13.1. The number of hydrogen-bond acceptors (Lipinski definition) is 5. The molecule has 168 valence electrons. The largest absolute Gasteiger partial charge is 0.326 e. The van der Waals surface area contributed by atoms with Crippen LogP contribution in [0, 0.1) is 0 Å². The number of carbonyl (C=O) groups excluding carboxylic acids is 1. The van der Waals surface area contributed by atoms with E-state index in [2.05, 4.69) is 44.5 Å². The third-order valence-electron chi connectivity index (χ3n) is 5.81.